The number of nitrogens with one attached hydrogen (secondary N) is 2. The number of aromatic nitrogens is 3. The van der Waals surface area contributed by atoms with Crippen LogP contribution in [0.3, 0.4) is 0 Å². The highest BCUT2D eigenvalue weighted by molar-refractivity contribution is 6.35. The second-order valence-electron chi connectivity index (χ2n) is 8.67. The Bertz CT molecular complexity index is 1020. The Morgan fingerprint density at radius 3 is 2.52 bits per heavy atom. The van der Waals surface area contributed by atoms with Gasteiger partial charge in [-0.15, -0.1) is 10.2 Å². The lowest BCUT2D eigenvalue weighted by Crippen LogP contribution is -2.46. The molecule has 10 nitrogen and oxygen atoms in total. The molecule has 1 fully saturated rings. The third-order valence-electron chi connectivity index (χ3n) is 4.87. The van der Waals surface area contributed by atoms with Crippen molar-refractivity contribution in [3.8, 4) is 0 Å². The number of alkyl carbamates (subject to hydrolysis) is 1. The van der Waals surface area contributed by atoms with Gasteiger partial charge in [0.25, 0.3) is 5.91 Å². The molecule has 3 rings (SSSR count). The van der Waals surface area contributed by atoms with Crippen molar-refractivity contribution in [1.29, 1.82) is 0 Å². The standard InChI is InChI=1S/C21H27Cl2N7O3/c1-21(2,3)33-20(32)26-14-6-8-30(9-7-14)19-27-18(16(17(24)31)28-29-19)25-11-12-4-5-13(22)10-15(12)23/h4-5,10,14H,6-9,11H2,1-3H3,(H2,24,31)(H,26,32)(H,25,27,29). The molecule has 2 heterocycles. The number of anilines is 2. The molecule has 33 heavy (non-hydrogen) atoms. The van der Waals surface area contributed by atoms with Gasteiger partial charge in [-0.05, 0) is 51.3 Å². The van der Waals surface area contributed by atoms with E-state index in [1.165, 1.54) is 0 Å². The van der Waals surface area contributed by atoms with Gasteiger partial charge in [0, 0.05) is 35.7 Å². The number of primary amides is 1. The third kappa shape index (κ3) is 7.06. The van der Waals surface area contributed by atoms with Crippen LogP contribution in [-0.4, -0.2) is 51.9 Å². The van der Waals surface area contributed by atoms with Gasteiger partial charge in [0.15, 0.2) is 11.5 Å². The zero-order valence-corrected chi connectivity index (χ0v) is 20.2. The van der Waals surface area contributed by atoms with Crippen molar-refractivity contribution in [3.05, 3.63) is 39.5 Å². The normalized spacial score (nSPS) is 14.6. The van der Waals surface area contributed by atoms with E-state index in [2.05, 4.69) is 25.8 Å². The summed E-state index contributed by atoms with van der Waals surface area (Å²) in [5.74, 6) is -0.167. The number of ether oxygens (including phenoxy) is 1. The van der Waals surface area contributed by atoms with Crippen LogP contribution in [0.15, 0.2) is 18.2 Å². The van der Waals surface area contributed by atoms with Crippen molar-refractivity contribution in [2.45, 2.75) is 51.8 Å². The second kappa shape index (κ2) is 10.4. The summed E-state index contributed by atoms with van der Waals surface area (Å²) in [7, 11) is 0. The molecule has 4 N–H and O–H groups in total. The Balaban J connectivity index is 1.65. The first-order valence-electron chi connectivity index (χ1n) is 10.5. The fraction of sp³-hybridized carbons (Fsp3) is 0.476. The number of hydrogen-bond acceptors (Lipinski definition) is 8. The second-order valence-corrected chi connectivity index (χ2v) is 9.51. The molecule has 0 atom stereocenters. The summed E-state index contributed by atoms with van der Waals surface area (Å²) >= 11 is 12.2. The molecule has 2 aromatic rings. The van der Waals surface area contributed by atoms with Crippen LogP contribution in [-0.2, 0) is 11.3 Å². The summed E-state index contributed by atoms with van der Waals surface area (Å²) in [5.41, 5.74) is 5.59. The Morgan fingerprint density at radius 2 is 1.91 bits per heavy atom. The zero-order chi connectivity index (χ0) is 24.2. The van der Waals surface area contributed by atoms with Gasteiger partial charge in [-0.25, -0.2) is 4.79 Å². The van der Waals surface area contributed by atoms with Crippen molar-refractivity contribution in [2.24, 2.45) is 5.73 Å². The molecule has 0 aliphatic carbocycles. The quantitative estimate of drug-likeness (QED) is 0.554. The number of hydrogen-bond donors (Lipinski definition) is 3. The molecule has 178 valence electrons. The summed E-state index contributed by atoms with van der Waals surface area (Å²) in [4.78, 5) is 30.2. The minimum Gasteiger partial charge on any atom is -0.444 e. The van der Waals surface area contributed by atoms with Gasteiger partial charge >= 0.3 is 6.09 Å². The van der Waals surface area contributed by atoms with E-state index in [9.17, 15) is 9.59 Å². The highest BCUT2D eigenvalue weighted by Gasteiger charge is 2.26. The number of piperidine rings is 1. The van der Waals surface area contributed by atoms with Crippen molar-refractivity contribution >= 4 is 47.0 Å². The van der Waals surface area contributed by atoms with Crippen molar-refractivity contribution in [1.82, 2.24) is 20.5 Å². The minimum atomic E-state index is -0.744. The highest BCUT2D eigenvalue weighted by atomic mass is 35.5. The Hall–Kier alpha value is -2.85. The first-order valence-corrected chi connectivity index (χ1v) is 11.2. The maximum atomic E-state index is 12.0. The van der Waals surface area contributed by atoms with E-state index in [0.29, 0.717) is 41.9 Å². The molecule has 1 aromatic carbocycles. The van der Waals surface area contributed by atoms with Crippen LogP contribution in [0.25, 0.3) is 0 Å². The molecule has 0 radical (unpaired) electrons. The SMILES string of the molecule is CC(C)(C)OC(=O)NC1CCN(c2nnc(C(N)=O)c(NCc3ccc(Cl)cc3Cl)n2)CC1. The van der Waals surface area contributed by atoms with E-state index < -0.39 is 17.6 Å². The van der Waals surface area contributed by atoms with E-state index in [1.54, 1.807) is 18.2 Å². The summed E-state index contributed by atoms with van der Waals surface area (Å²) < 4.78 is 5.31. The molecule has 0 saturated carbocycles. The molecule has 1 aliphatic heterocycles. The van der Waals surface area contributed by atoms with Gasteiger partial charge in [0.1, 0.15) is 5.60 Å². The number of amides is 2. The van der Waals surface area contributed by atoms with Crippen molar-refractivity contribution < 1.29 is 14.3 Å². The van der Waals surface area contributed by atoms with Gasteiger partial charge in [-0.1, -0.05) is 29.3 Å². The number of nitrogens with two attached hydrogens (primary N) is 1. The molecule has 2 amide bonds. The summed E-state index contributed by atoms with van der Waals surface area (Å²) in [6.45, 7) is 6.95. The molecule has 12 heteroatoms. The summed E-state index contributed by atoms with van der Waals surface area (Å²) in [5, 5.41) is 15.0. The molecular weight excluding hydrogens is 469 g/mol. The number of benzene rings is 1. The van der Waals surface area contributed by atoms with Crippen molar-refractivity contribution in [2.75, 3.05) is 23.3 Å². The van der Waals surface area contributed by atoms with Gasteiger partial charge in [0.05, 0.1) is 0 Å². The largest absolute Gasteiger partial charge is 0.444 e. The van der Waals surface area contributed by atoms with Crippen LogP contribution < -0.4 is 21.3 Å². The lowest BCUT2D eigenvalue weighted by Gasteiger charge is -2.32. The fourth-order valence-electron chi connectivity index (χ4n) is 3.28. The molecule has 1 aliphatic rings. The molecule has 0 unspecified atom stereocenters. The topological polar surface area (TPSA) is 135 Å². The van der Waals surface area contributed by atoms with Crippen LogP contribution in [0.5, 0.6) is 0 Å². The molecule has 0 spiro atoms. The molecule has 0 bridgehead atoms. The highest BCUT2D eigenvalue weighted by Crippen LogP contribution is 2.23. The average Bonchev–Trinajstić information content (AvgIpc) is 2.72. The van der Waals surface area contributed by atoms with E-state index in [0.717, 1.165) is 5.56 Å². The summed E-state index contributed by atoms with van der Waals surface area (Å²) in [6.07, 6.45) is 0.934. The van der Waals surface area contributed by atoms with Gasteiger partial charge in [0.2, 0.25) is 5.95 Å². The predicted molar refractivity (Wildman–Crippen MR) is 127 cm³/mol. The minimum absolute atomic E-state index is 0.0152. The summed E-state index contributed by atoms with van der Waals surface area (Å²) in [6, 6.07) is 5.12. The Labute approximate surface area is 202 Å². The number of halogens is 2. The first kappa shape index (κ1) is 24.8. The third-order valence-corrected chi connectivity index (χ3v) is 5.46. The molecule has 1 saturated heterocycles. The lowest BCUT2D eigenvalue weighted by molar-refractivity contribution is 0.0497. The number of carbonyl (C=O) groups excluding carboxylic acids is 2. The molecular formula is C21H27Cl2N7O3. The smallest absolute Gasteiger partial charge is 0.407 e. The fourth-order valence-corrected chi connectivity index (χ4v) is 3.76. The Kier molecular flexibility index (Phi) is 7.80. The number of rotatable bonds is 6. The van der Waals surface area contributed by atoms with Gasteiger partial charge < -0.3 is 26.0 Å². The maximum Gasteiger partial charge on any atom is 0.407 e. The number of carbonyl (C=O) groups is 2. The van der Waals surface area contributed by atoms with Crippen LogP contribution in [0.1, 0.15) is 49.7 Å². The van der Waals surface area contributed by atoms with Crippen LogP contribution >= 0.6 is 23.2 Å². The van der Waals surface area contributed by atoms with Crippen LogP contribution in [0, 0.1) is 0 Å². The van der Waals surface area contributed by atoms with E-state index >= 15 is 0 Å². The predicted octanol–water partition coefficient (Wildman–Crippen LogP) is 3.38. The van der Waals surface area contributed by atoms with Crippen molar-refractivity contribution in [3.63, 3.8) is 0 Å². The van der Waals surface area contributed by atoms with Crippen LogP contribution in [0.4, 0.5) is 16.6 Å². The average molecular weight is 496 g/mol. The van der Waals surface area contributed by atoms with E-state index in [4.69, 9.17) is 33.7 Å². The van der Waals surface area contributed by atoms with Gasteiger partial charge in [-0.3, -0.25) is 4.79 Å². The first-order chi connectivity index (χ1) is 15.5. The van der Waals surface area contributed by atoms with Crippen LogP contribution in [0.2, 0.25) is 10.0 Å². The van der Waals surface area contributed by atoms with E-state index in [-0.39, 0.29) is 24.1 Å². The lowest BCUT2D eigenvalue weighted by atomic mass is 10.1. The molecule has 1 aromatic heterocycles. The zero-order valence-electron chi connectivity index (χ0n) is 18.7. The van der Waals surface area contributed by atoms with Gasteiger partial charge in [-0.2, -0.15) is 4.98 Å². The number of nitrogens with zero attached hydrogens (tertiary/aromatic N) is 4. The Morgan fingerprint density at radius 1 is 1.21 bits per heavy atom. The monoisotopic (exact) mass is 495 g/mol. The maximum absolute atomic E-state index is 12.0. The van der Waals surface area contributed by atoms with E-state index in [1.807, 2.05) is 25.7 Å².